The number of nitrogens with zero attached hydrogens (tertiary/aromatic N) is 1. The predicted molar refractivity (Wildman–Crippen MR) is 33.5 cm³/mol. The van der Waals surface area contributed by atoms with Gasteiger partial charge < -0.3 is 4.74 Å². The van der Waals surface area contributed by atoms with E-state index in [1.807, 2.05) is 6.92 Å². The van der Waals surface area contributed by atoms with Crippen molar-refractivity contribution in [2.75, 3.05) is 7.11 Å². The van der Waals surface area contributed by atoms with E-state index < -0.39 is 0 Å². The van der Waals surface area contributed by atoms with Gasteiger partial charge in [-0.1, -0.05) is 6.92 Å². The average molecular weight is 127 g/mol. The molecule has 0 N–H and O–H groups in total. The van der Waals surface area contributed by atoms with Crippen molar-refractivity contribution in [3.05, 3.63) is 0 Å². The maximum Gasteiger partial charge on any atom is 0.336 e. The number of hydrogen-bond donors (Lipinski definition) is 0. The molecular weight excluding hydrogens is 118 g/mol. The first-order valence-electron chi connectivity index (χ1n) is 2.94. The lowest BCUT2D eigenvalue weighted by molar-refractivity contribution is -0.139. The highest BCUT2D eigenvalue weighted by Gasteiger charge is 2.33. The number of aliphatic imine (C=N–C) groups is 1. The Bertz CT molecular complexity index is 162. The molecule has 3 nitrogen and oxygen atoms in total. The summed E-state index contributed by atoms with van der Waals surface area (Å²) in [5.74, 6) is -0.230. The molecule has 1 rings (SSSR count). The maximum absolute atomic E-state index is 10.6. The van der Waals surface area contributed by atoms with Crippen LogP contribution in [0.4, 0.5) is 0 Å². The van der Waals surface area contributed by atoms with Crippen LogP contribution in [0.3, 0.4) is 0 Å². The van der Waals surface area contributed by atoms with E-state index in [2.05, 4.69) is 9.73 Å². The normalized spacial score (nSPS) is 22.9. The molecule has 0 radical (unpaired) electrons. The van der Waals surface area contributed by atoms with Crippen molar-refractivity contribution in [3.8, 4) is 0 Å². The SMILES string of the molecule is CCC1=NC1C(=O)OC. The minimum atomic E-state index is -0.230. The Morgan fingerprint density at radius 1 is 1.89 bits per heavy atom. The van der Waals surface area contributed by atoms with Crippen LogP contribution < -0.4 is 0 Å². The first kappa shape index (κ1) is 6.26. The second kappa shape index (κ2) is 2.17. The third-order valence-corrected chi connectivity index (χ3v) is 1.33. The Hall–Kier alpha value is -0.860. The third-order valence-electron chi connectivity index (χ3n) is 1.33. The van der Waals surface area contributed by atoms with Crippen molar-refractivity contribution in [2.45, 2.75) is 19.4 Å². The monoisotopic (exact) mass is 127 g/mol. The molecule has 1 unspecified atom stereocenters. The van der Waals surface area contributed by atoms with Gasteiger partial charge in [0.15, 0.2) is 6.04 Å². The first-order valence-corrected chi connectivity index (χ1v) is 2.94. The number of methoxy groups -OCH3 is 1. The van der Waals surface area contributed by atoms with Gasteiger partial charge in [-0.25, -0.2) is 4.79 Å². The molecule has 9 heavy (non-hydrogen) atoms. The zero-order chi connectivity index (χ0) is 6.85. The molecule has 0 fully saturated rings. The molecule has 0 saturated heterocycles. The summed E-state index contributed by atoms with van der Waals surface area (Å²) in [7, 11) is 1.38. The summed E-state index contributed by atoms with van der Waals surface area (Å²) in [5, 5.41) is 0. The number of carbonyl (C=O) groups excluding carboxylic acids is 1. The molecule has 0 bridgehead atoms. The summed E-state index contributed by atoms with van der Waals surface area (Å²) in [6.07, 6.45) is 0.861. The lowest BCUT2D eigenvalue weighted by atomic mass is 10.2. The topological polar surface area (TPSA) is 38.7 Å². The molecule has 0 aromatic heterocycles. The van der Waals surface area contributed by atoms with Crippen molar-refractivity contribution in [2.24, 2.45) is 4.99 Å². The molecule has 50 valence electrons. The zero-order valence-corrected chi connectivity index (χ0v) is 5.55. The lowest BCUT2D eigenvalue weighted by Crippen LogP contribution is -2.13. The van der Waals surface area contributed by atoms with Crippen LogP contribution in [0, 0.1) is 0 Å². The predicted octanol–water partition coefficient (Wildman–Crippen LogP) is 0.393. The van der Waals surface area contributed by atoms with Crippen LogP contribution in [-0.4, -0.2) is 24.8 Å². The molecule has 0 aromatic rings. The minimum Gasteiger partial charge on any atom is -0.467 e. The average Bonchev–Trinajstić information content (AvgIpc) is 2.64. The molecule has 1 aliphatic rings. The van der Waals surface area contributed by atoms with Crippen LogP contribution in [0.15, 0.2) is 4.99 Å². The van der Waals surface area contributed by atoms with Gasteiger partial charge in [0.2, 0.25) is 0 Å². The number of rotatable bonds is 2. The van der Waals surface area contributed by atoms with Gasteiger partial charge in [-0.3, -0.25) is 4.99 Å². The van der Waals surface area contributed by atoms with Gasteiger partial charge in [-0.2, -0.15) is 0 Å². The smallest absolute Gasteiger partial charge is 0.336 e. The molecule has 3 heteroatoms. The fraction of sp³-hybridized carbons (Fsp3) is 0.667. The number of ether oxygens (including phenoxy) is 1. The Morgan fingerprint density at radius 2 is 2.56 bits per heavy atom. The van der Waals surface area contributed by atoms with Crippen LogP contribution in [-0.2, 0) is 9.53 Å². The van der Waals surface area contributed by atoms with Crippen LogP contribution in [0.25, 0.3) is 0 Å². The van der Waals surface area contributed by atoms with Gasteiger partial charge in [0.1, 0.15) is 0 Å². The van der Waals surface area contributed by atoms with Crippen molar-refractivity contribution >= 4 is 11.7 Å². The van der Waals surface area contributed by atoms with E-state index in [1.165, 1.54) is 7.11 Å². The summed E-state index contributed by atoms with van der Waals surface area (Å²) in [5.41, 5.74) is 0.960. The standard InChI is InChI=1S/C6H9NO2/c1-3-4-5(7-4)6(8)9-2/h5H,3H2,1-2H3. The van der Waals surface area contributed by atoms with E-state index in [-0.39, 0.29) is 12.0 Å². The molecule has 0 amide bonds. The molecule has 0 saturated carbocycles. The minimum absolute atomic E-state index is 0.222. The van der Waals surface area contributed by atoms with Gasteiger partial charge in [0, 0.05) is 5.71 Å². The number of esters is 1. The summed E-state index contributed by atoms with van der Waals surface area (Å²) in [4.78, 5) is 14.5. The van der Waals surface area contributed by atoms with Gasteiger partial charge in [-0.15, -0.1) is 0 Å². The Labute approximate surface area is 53.7 Å². The van der Waals surface area contributed by atoms with E-state index >= 15 is 0 Å². The largest absolute Gasteiger partial charge is 0.467 e. The highest BCUT2D eigenvalue weighted by atomic mass is 16.5. The quantitative estimate of drug-likeness (QED) is 0.503. The fourth-order valence-corrected chi connectivity index (χ4v) is 0.714. The summed E-state index contributed by atoms with van der Waals surface area (Å²) < 4.78 is 4.45. The van der Waals surface area contributed by atoms with E-state index in [0.717, 1.165) is 12.1 Å². The summed E-state index contributed by atoms with van der Waals surface area (Å²) in [6, 6.07) is -0.222. The molecule has 0 aliphatic carbocycles. The van der Waals surface area contributed by atoms with Crippen LogP contribution in [0.2, 0.25) is 0 Å². The van der Waals surface area contributed by atoms with Crippen LogP contribution in [0.5, 0.6) is 0 Å². The maximum atomic E-state index is 10.6. The molecule has 1 aliphatic heterocycles. The van der Waals surface area contributed by atoms with E-state index in [0.29, 0.717) is 0 Å². The molecule has 1 atom stereocenters. The Kier molecular flexibility index (Phi) is 1.51. The van der Waals surface area contributed by atoms with Crippen molar-refractivity contribution < 1.29 is 9.53 Å². The molecular formula is C6H9NO2. The highest BCUT2D eigenvalue weighted by molar-refractivity contribution is 6.15. The first-order chi connectivity index (χ1) is 4.29. The number of hydrogen-bond acceptors (Lipinski definition) is 3. The summed E-state index contributed by atoms with van der Waals surface area (Å²) in [6.45, 7) is 1.97. The second-order valence-corrected chi connectivity index (χ2v) is 1.90. The Balaban J connectivity index is 2.29. The fourth-order valence-electron chi connectivity index (χ4n) is 0.714. The zero-order valence-electron chi connectivity index (χ0n) is 5.55. The molecule has 1 heterocycles. The van der Waals surface area contributed by atoms with E-state index in [9.17, 15) is 4.79 Å². The van der Waals surface area contributed by atoms with Gasteiger partial charge >= 0.3 is 5.97 Å². The van der Waals surface area contributed by atoms with Crippen molar-refractivity contribution in [3.63, 3.8) is 0 Å². The van der Waals surface area contributed by atoms with E-state index in [1.54, 1.807) is 0 Å². The van der Waals surface area contributed by atoms with Gasteiger partial charge in [0.25, 0.3) is 0 Å². The second-order valence-electron chi connectivity index (χ2n) is 1.90. The van der Waals surface area contributed by atoms with Crippen molar-refractivity contribution in [1.82, 2.24) is 0 Å². The third kappa shape index (κ3) is 1.09. The van der Waals surface area contributed by atoms with Crippen LogP contribution in [0.1, 0.15) is 13.3 Å². The molecule has 0 spiro atoms. The summed E-state index contributed by atoms with van der Waals surface area (Å²) >= 11 is 0. The lowest BCUT2D eigenvalue weighted by Gasteiger charge is -1.91. The van der Waals surface area contributed by atoms with Crippen molar-refractivity contribution in [1.29, 1.82) is 0 Å². The van der Waals surface area contributed by atoms with Gasteiger partial charge in [-0.05, 0) is 6.42 Å². The van der Waals surface area contributed by atoms with Gasteiger partial charge in [0.05, 0.1) is 7.11 Å². The highest BCUT2D eigenvalue weighted by Crippen LogP contribution is 2.15. The molecule has 0 aromatic carbocycles. The Morgan fingerprint density at radius 3 is 2.89 bits per heavy atom. The van der Waals surface area contributed by atoms with Crippen LogP contribution >= 0.6 is 0 Å². The van der Waals surface area contributed by atoms with E-state index in [4.69, 9.17) is 0 Å². The number of carbonyl (C=O) groups is 1.